The minimum absolute atomic E-state index is 0.0301. The van der Waals surface area contributed by atoms with Crippen LogP contribution in [-0.4, -0.2) is 72.6 Å². The minimum atomic E-state index is -0.662. The number of unbranched alkanes of at least 4 members (excludes halogenated alkanes) is 1. The van der Waals surface area contributed by atoms with Gasteiger partial charge in [0.05, 0.1) is 31.4 Å². The van der Waals surface area contributed by atoms with Crippen molar-refractivity contribution >= 4 is 17.4 Å². The van der Waals surface area contributed by atoms with Gasteiger partial charge in [0, 0.05) is 31.7 Å². The summed E-state index contributed by atoms with van der Waals surface area (Å²) in [5, 5.41) is 11.4. The third-order valence-electron chi connectivity index (χ3n) is 7.29. The second-order valence-corrected chi connectivity index (χ2v) is 11.0. The third-order valence-corrected chi connectivity index (χ3v) is 7.29. The first-order valence-corrected chi connectivity index (χ1v) is 13.6. The topological polar surface area (TPSA) is 79.3 Å². The molecule has 204 valence electrons. The quantitative estimate of drug-likeness (QED) is 0.219. The lowest BCUT2D eigenvalue weighted by molar-refractivity contribution is -0.140. The van der Waals surface area contributed by atoms with Gasteiger partial charge in [-0.3, -0.25) is 14.5 Å². The third kappa shape index (κ3) is 6.27. The van der Waals surface area contributed by atoms with Crippen molar-refractivity contribution in [3.8, 4) is 5.75 Å². The number of hydrogen-bond donors (Lipinski definition) is 1. The summed E-state index contributed by atoms with van der Waals surface area (Å²) in [6.07, 6.45) is 2.00. The molecule has 1 N–H and O–H groups in total. The Balaban J connectivity index is 1.68. The van der Waals surface area contributed by atoms with E-state index < -0.39 is 17.7 Å². The molecule has 2 aromatic rings. The number of morpholine rings is 1. The molecule has 2 fully saturated rings. The van der Waals surface area contributed by atoms with Crippen LogP contribution in [0.25, 0.3) is 5.76 Å². The maximum Gasteiger partial charge on any atom is 0.295 e. The molecule has 1 amide bonds. The standard InChI is InChI=1S/C31H40N2O5/c1-5-6-19-38-25-13-9-23(10-14-25)28(34)26-27(22-7-11-24(12-8-22)31(2,3)4)33(30(36)29(26)35)16-15-32-17-20-37-21-18-32/h7-14,27,34H,5-6,15-21H2,1-4H3/b28-26+. The Morgan fingerprint density at radius 3 is 2.26 bits per heavy atom. The summed E-state index contributed by atoms with van der Waals surface area (Å²) in [5.74, 6) is -0.695. The van der Waals surface area contributed by atoms with Gasteiger partial charge in [-0.1, -0.05) is 58.4 Å². The van der Waals surface area contributed by atoms with Crippen LogP contribution in [0.4, 0.5) is 0 Å². The van der Waals surface area contributed by atoms with Crippen LogP contribution in [0, 0.1) is 0 Å². The fourth-order valence-electron chi connectivity index (χ4n) is 4.90. The molecule has 38 heavy (non-hydrogen) atoms. The predicted molar refractivity (Wildman–Crippen MR) is 148 cm³/mol. The monoisotopic (exact) mass is 520 g/mol. The highest BCUT2D eigenvalue weighted by atomic mass is 16.5. The van der Waals surface area contributed by atoms with Gasteiger partial charge >= 0.3 is 0 Å². The Hall–Kier alpha value is -3.16. The van der Waals surface area contributed by atoms with Crippen molar-refractivity contribution in [3.05, 3.63) is 70.8 Å². The molecule has 4 rings (SSSR count). The Bertz CT molecular complexity index is 1140. The average molecular weight is 521 g/mol. The summed E-state index contributed by atoms with van der Waals surface area (Å²) >= 11 is 0. The number of carbonyl (C=O) groups is 2. The fraction of sp³-hybridized carbons (Fsp3) is 0.484. The van der Waals surface area contributed by atoms with E-state index in [9.17, 15) is 14.7 Å². The molecule has 1 atom stereocenters. The van der Waals surface area contributed by atoms with Gasteiger partial charge in [-0.05, 0) is 47.2 Å². The smallest absolute Gasteiger partial charge is 0.295 e. The summed E-state index contributed by atoms with van der Waals surface area (Å²) in [7, 11) is 0. The number of aliphatic hydroxyl groups excluding tert-OH is 1. The lowest BCUT2D eigenvalue weighted by Gasteiger charge is -2.31. The molecule has 7 heteroatoms. The second kappa shape index (κ2) is 12.1. The zero-order chi connectivity index (χ0) is 27.3. The molecule has 7 nitrogen and oxygen atoms in total. The van der Waals surface area contributed by atoms with E-state index in [1.54, 1.807) is 29.2 Å². The molecular weight excluding hydrogens is 480 g/mol. The van der Waals surface area contributed by atoms with Crippen LogP contribution in [0.3, 0.4) is 0 Å². The van der Waals surface area contributed by atoms with E-state index in [1.165, 1.54) is 0 Å². The lowest BCUT2D eigenvalue weighted by Crippen LogP contribution is -2.42. The number of amides is 1. The number of aliphatic hydroxyl groups is 1. The minimum Gasteiger partial charge on any atom is -0.507 e. The Kier molecular flexibility index (Phi) is 8.90. The highest BCUT2D eigenvalue weighted by Crippen LogP contribution is 2.40. The molecule has 2 aliphatic rings. The van der Waals surface area contributed by atoms with E-state index in [4.69, 9.17) is 9.47 Å². The number of ketones is 1. The van der Waals surface area contributed by atoms with Gasteiger partial charge in [0.15, 0.2) is 0 Å². The first-order chi connectivity index (χ1) is 18.2. The number of nitrogens with zero attached hydrogens (tertiary/aromatic N) is 2. The highest BCUT2D eigenvalue weighted by Gasteiger charge is 2.46. The SMILES string of the molecule is CCCCOc1ccc(/C(O)=C2\C(=O)C(=O)N(CCN3CCOCC3)C2c2ccc(C(C)(C)C)cc2)cc1. The number of rotatable bonds is 9. The Morgan fingerprint density at radius 2 is 1.66 bits per heavy atom. The van der Waals surface area contributed by atoms with Crippen molar-refractivity contribution in [1.29, 1.82) is 0 Å². The summed E-state index contributed by atoms with van der Waals surface area (Å²) in [4.78, 5) is 30.5. The first kappa shape index (κ1) is 27.9. The van der Waals surface area contributed by atoms with Crippen molar-refractivity contribution in [1.82, 2.24) is 9.80 Å². The van der Waals surface area contributed by atoms with Gasteiger partial charge in [0.2, 0.25) is 0 Å². The number of carbonyl (C=O) groups excluding carboxylic acids is 2. The van der Waals surface area contributed by atoms with Crippen LogP contribution in [-0.2, 0) is 19.7 Å². The summed E-state index contributed by atoms with van der Waals surface area (Å²) < 4.78 is 11.2. The first-order valence-electron chi connectivity index (χ1n) is 13.6. The summed E-state index contributed by atoms with van der Waals surface area (Å²) in [6, 6.07) is 14.4. The molecule has 0 saturated carbocycles. The van der Waals surface area contributed by atoms with E-state index in [1.807, 2.05) is 24.3 Å². The van der Waals surface area contributed by atoms with Crippen LogP contribution < -0.4 is 4.74 Å². The van der Waals surface area contributed by atoms with Crippen LogP contribution in [0.15, 0.2) is 54.1 Å². The maximum absolute atomic E-state index is 13.4. The predicted octanol–water partition coefficient (Wildman–Crippen LogP) is 4.92. The number of benzene rings is 2. The molecule has 0 radical (unpaired) electrons. The zero-order valence-corrected chi connectivity index (χ0v) is 23.0. The normalized spacial score (nSPS) is 20.2. The van der Waals surface area contributed by atoms with Crippen LogP contribution in [0.5, 0.6) is 5.75 Å². The van der Waals surface area contributed by atoms with E-state index in [0.29, 0.717) is 44.2 Å². The number of ether oxygens (including phenoxy) is 2. The van der Waals surface area contributed by atoms with Gasteiger partial charge in [0.25, 0.3) is 11.7 Å². The van der Waals surface area contributed by atoms with Gasteiger partial charge in [0.1, 0.15) is 11.5 Å². The second-order valence-electron chi connectivity index (χ2n) is 11.0. The van der Waals surface area contributed by atoms with Crippen molar-refractivity contribution in [2.24, 2.45) is 0 Å². The molecule has 0 bridgehead atoms. The van der Waals surface area contributed by atoms with Gasteiger partial charge in [-0.25, -0.2) is 0 Å². The molecule has 2 aromatic carbocycles. The molecule has 2 heterocycles. The van der Waals surface area contributed by atoms with Crippen molar-refractivity contribution < 1.29 is 24.2 Å². The average Bonchev–Trinajstić information content (AvgIpc) is 3.17. The van der Waals surface area contributed by atoms with Gasteiger partial charge in [-0.2, -0.15) is 0 Å². The Labute approximate surface area is 226 Å². The van der Waals surface area contributed by atoms with Gasteiger partial charge in [-0.15, -0.1) is 0 Å². The van der Waals surface area contributed by atoms with E-state index in [-0.39, 0.29) is 16.7 Å². The van der Waals surface area contributed by atoms with Crippen molar-refractivity contribution in [3.63, 3.8) is 0 Å². The molecule has 0 aromatic heterocycles. The highest BCUT2D eigenvalue weighted by molar-refractivity contribution is 6.46. The summed E-state index contributed by atoms with van der Waals surface area (Å²) in [5.41, 5.74) is 2.54. The number of hydrogen-bond acceptors (Lipinski definition) is 6. The van der Waals surface area contributed by atoms with Crippen LogP contribution in [0.1, 0.15) is 63.3 Å². The molecule has 0 aliphatic carbocycles. The zero-order valence-electron chi connectivity index (χ0n) is 23.0. The largest absolute Gasteiger partial charge is 0.507 e. The van der Waals surface area contributed by atoms with Crippen molar-refractivity contribution in [2.45, 2.75) is 52.0 Å². The van der Waals surface area contributed by atoms with E-state index >= 15 is 0 Å². The van der Waals surface area contributed by atoms with Crippen molar-refractivity contribution in [2.75, 3.05) is 46.0 Å². The number of Topliss-reactive ketones (excluding diaryl/α,β-unsaturated/α-hetero) is 1. The molecule has 0 spiro atoms. The Morgan fingerprint density at radius 1 is 1.00 bits per heavy atom. The fourth-order valence-corrected chi connectivity index (χ4v) is 4.90. The van der Waals surface area contributed by atoms with E-state index in [2.05, 4.69) is 32.6 Å². The van der Waals surface area contributed by atoms with Crippen LogP contribution in [0.2, 0.25) is 0 Å². The molecular formula is C31H40N2O5. The molecule has 2 aliphatic heterocycles. The van der Waals surface area contributed by atoms with E-state index in [0.717, 1.165) is 37.1 Å². The van der Waals surface area contributed by atoms with Crippen LogP contribution >= 0.6 is 0 Å². The maximum atomic E-state index is 13.4. The summed E-state index contributed by atoms with van der Waals surface area (Å²) in [6.45, 7) is 13.1. The lowest BCUT2D eigenvalue weighted by atomic mass is 9.85. The molecule has 2 saturated heterocycles. The molecule has 1 unspecified atom stereocenters. The van der Waals surface area contributed by atoms with Gasteiger partial charge < -0.3 is 19.5 Å². The number of likely N-dealkylation sites (tertiary alicyclic amines) is 1.